The second-order valence-electron chi connectivity index (χ2n) is 4.99. The van der Waals surface area contributed by atoms with Crippen LogP contribution in [-0.4, -0.2) is 37.7 Å². The molecule has 0 atom stereocenters. The lowest BCUT2D eigenvalue weighted by atomic mass is 10.1. The number of hydrogen-bond donors (Lipinski definition) is 2. The van der Waals surface area contributed by atoms with Crippen LogP contribution in [0.25, 0.3) is 0 Å². The minimum atomic E-state index is -0.259. The van der Waals surface area contributed by atoms with Crippen molar-refractivity contribution < 1.29 is 9.53 Å². The first-order chi connectivity index (χ1) is 7.47. The van der Waals surface area contributed by atoms with Crippen molar-refractivity contribution in [3.05, 3.63) is 11.6 Å². The largest absolute Gasteiger partial charge is 0.366 e. The van der Waals surface area contributed by atoms with E-state index in [-0.39, 0.29) is 18.1 Å². The highest BCUT2D eigenvalue weighted by atomic mass is 16.5. The van der Waals surface area contributed by atoms with Gasteiger partial charge in [0.05, 0.1) is 5.60 Å². The molecule has 0 aromatic heterocycles. The lowest BCUT2D eigenvalue weighted by molar-refractivity contribution is -0.130. The Morgan fingerprint density at radius 2 is 2.31 bits per heavy atom. The first-order valence-electron chi connectivity index (χ1n) is 5.77. The summed E-state index contributed by atoms with van der Waals surface area (Å²) in [6, 6.07) is 0. The number of rotatable bonds is 4. The highest BCUT2D eigenvalue weighted by molar-refractivity contribution is 5.77. The molecule has 1 aliphatic heterocycles. The summed E-state index contributed by atoms with van der Waals surface area (Å²) in [5.41, 5.74) is 1.04. The summed E-state index contributed by atoms with van der Waals surface area (Å²) in [7, 11) is 0. The fourth-order valence-electron chi connectivity index (χ4n) is 1.38. The quantitative estimate of drug-likeness (QED) is 0.698. The highest BCUT2D eigenvalue weighted by Gasteiger charge is 2.13. The Morgan fingerprint density at radius 1 is 1.56 bits per heavy atom. The summed E-state index contributed by atoms with van der Waals surface area (Å²) < 4.78 is 5.39. The van der Waals surface area contributed by atoms with E-state index in [1.807, 2.05) is 20.8 Å². The van der Waals surface area contributed by atoms with Crippen molar-refractivity contribution in [3.8, 4) is 0 Å². The number of nitrogens with one attached hydrogen (secondary N) is 2. The van der Waals surface area contributed by atoms with Crippen molar-refractivity contribution >= 4 is 5.91 Å². The van der Waals surface area contributed by atoms with E-state index in [2.05, 4.69) is 16.7 Å². The van der Waals surface area contributed by atoms with Gasteiger partial charge in [0, 0.05) is 13.1 Å². The lowest BCUT2D eigenvalue weighted by Crippen LogP contribution is -2.34. The normalized spacial score (nSPS) is 16.8. The molecule has 2 N–H and O–H groups in total. The van der Waals surface area contributed by atoms with Gasteiger partial charge in [-0.1, -0.05) is 11.6 Å². The molecule has 0 unspecified atom stereocenters. The summed E-state index contributed by atoms with van der Waals surface area (Å²) in [6.45, 7) is 8.51. The molecule has 0 spiro atoms. The van der Waals surface area contributed by atoms with Gasteiger partial charge in [-0.05, 0) is 33.7 Å². The predicted octanol–water partition coefficient (Wildman–Crippen LogP) is 0.837. The fraction of sp³-hybridized carbons (Fsp3) is 0.750. The Kier molecular flexibility index (Phi) is 4.96. The molecule has 1 amide bonds. The molecular weight excluding hydrogens is 204 g/mol. The van der Waals surface area contributed by atoms with Gasteiger partial charge in [-0.2, -0.15) is 0 Å². The van der Waals surface area contributed by atoms with Crippen LogP contribution in [0.1, 0.15) is 27.2 Å². The molecule has 16 heavy (non-hydrogen) atoms. The van der Waals surface area contributed by atoms with E-state index in [1.54, 1.807) is 0 Å². The third kappa shape index (κ3) is 5.88. The van der Waals surface area contributed by atoms with Crippen molar-refractivity contribution in [2.75, 3.05) is 26.2 Å². The van der Waals surface area contributed by atoms with Gasteiger partial charge in [0.25, 0.3) is 0 Å². The molecule has 0 fully saturated rings. The Morgan fingerprint density at radius 3 is 2.88 bits per heavy atom. The van der Waals surface area contributed by atoms with E-state index < -0.39 is 0 Å². The Bertz CT molecular complexity index is 267. The molecule has 0 bridgehead atoms. The highest BCUT2D eigenvalue weighted by Crippen LogP contribution is 2.06. The molecule has 1 heterocycles. The van der Waals surface area contributed by atoms with Crippen LogP contribution in [0.5, 0.6) is 0 Å². The molecule has 0 radical (unpaired) electrons. The van der Waals surface area contributed by atoms with Crippen LogP contribution in [0.2, 0.25) is 0 Å². The standard InChI is InChI=1S/C12H22N2O2/c1-12(2,3)16-9-11(15)14-8-10-4-6-13-7-5-10/h4,13H,5-9H2,1-3H3,(H,14,15). The van der Waals surface area contributed by atoms with Gasteiger partial charge in [0.1, 0.15) is 6.61 Å². The van der Waals surface area contributed by atoms with E-state index in [1.165, 1.54) is 5.57 Å². The topological polar surface area (TPSA) is 50.4 Å². The molecule has 0 aromatic rings. The van der Waals surface area contributed by atoms with E-state index in [0.29, 0.717) is 6.54 Å². The Hall–Kier alpha value is -0.870. The average Bonchev–Trinajstić information content (AvgIpc) is 2.24. The van der Waals surface area contributed by atoms with Gasteiger partial charge in [-0.3, -0.25) is 4.79 Å². The van der Waals surface area contributed by atoms with Crippen LogP contribution in [0.3, 0.4) is 0 Å². The number of hydrogen-bond acceptors (Lipinski definition) is 3. The summed E-state index contributed by atoms with van der Waals surface area (Å²) >= 11 is 0. The van der Waals surface area contributed by atoms with Crippen LogP contribution >= 0.6 is 0 Å². The molecular formula is C12H22N2O2. The number of carbonyl (C=O) groups is 1. The van der Waals surface area contributed by atoms with E-state index >= 15 is 0 Å². The van der Waals surface area contributed by atoms with Crippen LogP contribution in [0, 0.1) is 0 Å². The van der Waals surface area contributed by atoms with Gasteiger partial charge in [-0.15, -0.1) is 0 Å². The van der Waals surface area contributed by atoms with Crippen molar-refractivity contribution in [1.82, 2.24) is 10.6 Å². The summed E-state index contributed by atoms with van der Waals surface area (Å²) in [6.07, 6.45) is 3.15. The Labute approximate surface area is 97.4 Å². The van der Waals surface area contributed by atoms with Crippen LogP contribution in [-0.2, 0) is 9.53 Å². The van der Waals surface area contributed by atoms with Crippen LogP contribution in [0.15, 0.2) is 11.6 Å². The molecule has 4 heteroatoms. The zero-order chi connectivity index (χ0) is 12.0. The van der Waals surface area contributed by atoms with Crippen LogP contribution < -0.4 is 10.6 Å². The molecule has 0 saturated heterocycles. The molecule has 0 aliphatic carbocycles. The Balaban J connectivity index is 2.17. The molecule has 1 rings (SSSR count). The molecule has 92 valence electrons. The predicted molar refractivity (Wildman–Crippen MR) is 64.3 cm³/mol. The lowest BCUT2D eigenvalue weighted by Gasteiger charge is -2.19. The van der Waals surface area contributed by atoms with E-state index in [9.17, 15) is 4.79 Å². The van der Waals surface area contributed by atoms with Crippen molar-refractivity contribution in [2.24, 2.45) is 0 Å². The maximum absolute atomic E-state index is 11.5. The maximum Gasteiger partial charge on any atom is 0.246 e. The van der Waals surface area contributed by atoms with Gasteiger partial charge < -0.3 is 15.4 Å². The minimum Gasteiger partial charge on any atom is -0.366 e. The first-order valence-corrected chi connectivity index (χ1v) is 5.77. The maximum atomic E-state index is 11.5. The van der Waals surface area contributed by atoms with Gasteiger partial charge in [0.2, 0.25) is 5.91 Å². The third-order valence-electron chi connectivity index (χ3n) is 2.31. The van der Waals surface area contributed by atoms with Crippen molar-refractivity contribution in [2.45, 2.75) is 32.8 Å². The molecule has 0 saturated carbocycles. The number of ether oxygens (including phenoxy) is 1. The smallest absolute Gasteiger partial charge is 0.246 e. The molecule has 1 aliphatic rings. The van der Waals surface area contributed by atoms with Crippen molar-refractivity contribution in [1.29, 1.82) is 0 Å². The van der Waals surface area contributed by atoms with Crippen LogP contribution in [0.4, 0.5) is 0 Å². The monoisotopic (exact) mass is 226 g/mol. The van der Waals surface area contributed by atoms with E-state index in [4.69, 9.17) is 4.74 Å². The fourth-order valence-corrected chi connectivity index (χ4v) is 1.38. The van der Waals surface area contributed by atoms with Crippen molar-refractivity contribution in [3.63, 3.8) is 0 Å². The third-order valence-corrected chi connectivity index (χ3v) is 2.31. The summed E-state index contributed by atoms with van der Waals surface area (Å²) in [5, 5.41) is 6.10. The minimum absolute atomic E-state index is 0.0469. The van der Waals surface area contributed by atoms with Gasteiger partial charge in [0.15, 0.2) is 0 Å². The summed E-state index contributed by atoms with van der Waals surface area (Å²) in [5.74, 6) is -0.0469. The number of carbonyl (C=O) groups excluding carboxylic acids is 1. The van der Waals surface area contributed by atoms with Gasteiger partial charge in [-0.25, -0.2) is 0 Å². The zero-order valence-corrected chi connectivity index (χ0v) is 10.4. The zero-order valence-electron chi connectivity index (χ0n) is 10.4. The van der Waals surface area contributed by atoms with Gasteiger partial charge >= 0.3 is 0 Å². The SMILES string of the molecule is CC(C)(C)OCC(=O)NCC1=CCNCC1. The molecule has 0 aromatic carbocycles. The van der Waals surface area contributed by atoms with E-state index in [0.717, 1.165) is 19.5 Å². The number of amides is 1. The summed E-state index contributed by atoms with van der Waals surface area (Å²) in [4.78, 5) is 11.5. The first kappa shape index (κ1) is 13.2. The second-order valence-corrected chi connectivity index (χ2v) is 4.99. The average molecular weight is 226 g/mol. The molecule has 4 nitrogen and oxygen atoms in total. The second kappa shape index (κ2) is 6.01.